The molecule has 1 saturated carbocycles. The minimum Gasteiger partial charge on any atom is -0.383 e. The van der Waals surface area contributed by atoms with Crippen LogP contribution in [0.4, 0.5) is 0 Å². The van der Waals surface area contributed by atoms with E-state index in [0.717, 1.165) is 24.1 Å². The third-order valence-corrected chi connectivity index (χ3v) is 4.25. The summed E-state index contributed by atoms with van der Waals surface area (Å²) in [6.45, 7) is 6.46. The van der Waals surface area contributed by atoms with Crippen LogP contribution < -0.4 is 10.6 Å². The first-order valence-corrected chi connectivity index (χ1v) is 8.27. The first-order valence-electron chi connectivity index (χ1n) is 7.89. The van der Waals surface area contributed by atoms with Gasteiger partial charge in [0, 0.05) is 30.1 Å². The molecule has 1 atom stereocenters. The van der Waals surface area contributed by atoms with Crippen LogP contribution in [-0.4, -0.2) is 38.8 Å². The predicted molar refractivity (Wildman–Crippen MR) is 108 cm³/mol. The van der Waals surface area contributed by atoms with Gasteiger partial charge < -0.3 is 15.4 Å². The molecule has 0 heterocycles. The third-order valence-electron chi connectivity index (χ3n) is 3.99. The molecule has 1 fully saturated rings. The second-order valence-corrected chi connectivity index (χ2v) is 6.42. The van der Waals surface area contributed by atoms with Gasteiger partial charge in [0.15, 0.2) is 5.96 Å². The Balaban J connectivity index is 0.00000264. The zero-order valence-electron chi connectivity index (χ0n) is 14.1. The van der Waals surface area contributed by atoms with E-state index in [4.69, 9.17) is 21.3 Å². The molecule has 1 unspecified atom stereocenters. The predicted octanol–water partition coefficient (Wildman–Crippen LogP) is 3.58. The maximum atomic E-state index is 5.98. The number of ether oxygens (including phenoxy) is 1. The number of aliphatic imine (C=N–C) groups is 1. The summed E-state index contributed by atoms with van der Waals surface area (Å²) in [6.07, 6.45) is 2.37. The van der Waals surface area contributed by atoms with Gasteiger partial charge in [-0.3, -0.25) is 4.99 Å². The van der Waals surface area contributed by atoms with Gasteiger partial charge in [0.1, 0.15) is 0 Å². The Morgan fingerprint density at radius 1 is 1.35 bits per heavy atom. The van der Waals surface area contributed by atoms with Crippen molar-refractivity contribution < 1.29 is 4.74 Å². The van der Waals surface area contributed by atoms with E-state index in [-0.39, 0.29) is 35.4 Å². The number of nitrogens with one attached hydrogen (secondary N) is 2. The summed E-state index contributed by atoms with van der Waals surface area (Å²) in [4.78, 5) is 4.77. The van der Waals surface area contributed by atoms with Gasteiger partial charge in [-0.15, -0.1) is 24.0 Å². The number of nitrogens with zero attached hydrogens (tertiary/aromatic N) is 1. The van der Waals surface area contributed by atoms with Crippen molar-refractivity contribution >= 4 is 41.5 Å². The number of hydrogen-bond acceptors (Lipinski definition) is 2. The van der Waals surface area contributed by atoms with Gasteiger partial charge in [-0.05, 0) is 44.4 Å². The topological polar surface area (TPSA) is 45.7 Å². The van der Waals surface area contributed by atoms with Crippen LogP contribution in [-0.2, 0) is 10.2 Å². The summed E-state index contributed by atoms with van der Waals surface area (Å²) in [5, 5.41) is 7.45. The van der Waals surface area contributed by atoms with Crippen molar-refractivity contribution in [2.24, 2.45) is 4.99 Å². The van der Waals surface area contributed by atoms with Gasteiger partial charge in [-0.1, -0.05) is 23.7 Å². The Kier molecular flexibility index (Phi) is 8.64. The molecule has 0 radical (unpaired) electrons. The molecule has 1 aromatic carbocycles. The van der Waals surface area contributed by atoms with Gasteiger partial charge in [-0.25, -0.2) is 0 Å². The molecule has 4 nitrogen and oxygen atoms in total. The molecular weight excluding hydrogens is 425 g/mol. The zero-order valence-corrected chi connectivity index (χ0v) is 17.2. The summed E-state index contributed by atoms with van der Waals surface area (Å²) in [5.41, 5.74) is 1.53. The number of hydrogen-bond donors (Lipinski definition) is 2. The fourth-order valence-electron chi connectivity index (χ4n) is 2.57. The molecule has 1 aliphatic rings. The first kappa shape index (κ1) is 20.5. The normalized spacial score (nSPS) is 17.1. The lowest BCUT2D eigenvalue weighted by molar-refractivity contribution is 0.179. The minimum atomic E-state index is 0. The summed E-state index contributed by atoms with van der Waals surface area (Å²) in [6, 6.07) is 8.40. The monoisotopic (exact) mass is 451 g/mol. The first-order chi connectivity index (χ1) is 10.6. The fourth-order valence-corrected chi connectivity index (χ4v) is 2.69. The third kappa shape index (κ3) is 6.12. The molecule has 6 heteroatoms. The number of methoxy groups -OCH3 is 1. The van der Waals surface area contributed by atoms with Crippen LogP contribution in [0.2, 0.25) is 5.02 Å². The van der Waals surface area contributed by atoms with Crippen molar-refractivity contribution in [2.75, 3.05) is 26.8 Å². The van der Waals surface area contributed by atoms with Crippen molar-refractivity contribution in [1.29, 1.82) is 0 Å². The Labute approximate surface area is 161 Å². The molecule has 1 aromatic rings. The Morgan fingerprint density at radius 2 is 2.00 bits per heavy atom. The molecule has 0 aromatic heterocycles. The van der Waals surface area contributed by atoms with E-state index >= 15 is 0 Å². The largest absolute Gasteiger partial charge is 0.383 e. The number of rotatable bonds is 7. The molecule has 0 saturated heterocycles. The number of benzene rings is 1. The Morgan fingerprint density at radius 3 is 2.52 bits per heavy atom. The van der Waals surface area contributed by atoms with E-state index in [1.807, 2.05) is 12.1 Å². The quantitative estimate of drug-likeness (QED) is 0.378. The van der Waals surface area contributed by atoms with Crippen LogP contribution in [0.15, 0.2) is 29.3 Å². The molecule has 0 bridgehead atoms. The van der Waals surface area contributed by atoms with Crippen molar-refractivity contribution in [2.45, 2.75) is 38.1 Å². The highest BCUT2D eigenvalue weighted by atomic mass is 127. The van der Waals surface area contributed by atoms with Crippen LogP contribution in [0.3, 0.4) is 0 Å². The average Bonchev–Trinajstić information content (AvgIpc) is 3.27. The van der Waals surface area contributed by atoms with Gasteiger partial charge >= 0.3 is 0 Å². The molecule has 0 spiro atoms. The highest BCUT2D eigenvalue weighted by Gasteiger charge is 2.44. The minimum absolute atomic E-state index is 0. The van der Waals surface area contributed by atoms with Crippen molar-refractivity contribution in [1.82, 2.24) is 10.6 Å². The molecule has 0 amide bonds. The van der Waals surface area contributed by atoms with Crippen LogP contribution in [0.5, 0.6) is 0 Å². The summed E-state index contributed by atoms with van der Waals surface area (Å²) in [7, 11) is 1.71. The average molecular weight is 452 g/mol. The maximum Gasteiger partial charge on any atom is 0.191 e. The maximum absolute atomic E-state index is 5.98. The summed E-state index contributed by atoms with van der Waals surface area (Å²) < 4.78 is 5.16. The smallest absolute Gasteiger partial charge is 0.191 e. The van der Waals surface area contributed by atoms with Crippen molar-refractivity contribution in [3.63, 3.8) is 0 Å². The van der Waals surface area contributed by atoms with Crippen LogP contribution >= 0.6 is 35.6 Å². The number of guanidine groups is 1. The van der Waals surface area contributed by atoms with E-state index in [9.17, 15) is 0 Å². The van der Waals surface area contributed by atoms with E-state index < -0.39 is 0 Å². The van der Waals surface area contributed by atoms with Gasteiger partial charge in [-0.2, -0.15) is 0 Å². The Bertz CT molecular complexity index is 503. The van der Waals surface area contributed by atoms with Crippen LogP contribution in [0.25, 0.3) is 0 Å². The summed E-state index contributed by atoms with van der Waals surface area (Å²) >= 11 is 5.98. The molecule has 23 heavy (non-hydrogen) atoms. The van der Waals surface area contributed by atoms with Crippen molar-refractivity contribution in [3.8, 4) is 0 Å². The lowest BCUT2D eigenvalue weighted by Crippen LogP contribution is -2.44. The van der Waals surface area contributed by atoms with Crippen molar-refractivity contribution in [3.05, 3.63) is 34.9 Å². The lowest BCUT2D eigenvalue weighted by atomic mass is 9.96. The second kappa shape index (κ2) is 9.69. The van der Waals surface area contributed by atoms with Crippen LogP contribution in [0.1, 0.15) is 32.3 Å². The highest BCUT2D eigenvalue weighted by molar-refractivity contribution is 14.0. The second-order valence-electron chi connectivity index (χ2n) is 5.98. The molecule has 1 aliphatic carbocycles. The highest BCUT2D eigenvalue weighted by Crippen LogP contribution is 2.48. The molecule has 2 rings (SSSR count). The molecule has 2 N–H and O–H groups in total. The van der Waals surface area contributed by atoms with Gasteiger partial charge in [0.25, 0.3) is 0 Å². The standard InChI is InChI=1S/C17H26ClN3O.HI/c1-4-19-16(21-13(2)11-22-3)20-12-17(9-10-17)14-5-7-15(18)8-6-14;/h5-8,13H,4,9-12H2,1-3H3,(H2,19,20,21);1H. The fraction of sp³-hybridized carbons (Fsp3) is 0.588. The van der Waals surface area contributed by atoms with E-state index in [1.54, 1.807) is 7.11 Å². The van der Waals surface area contributed by atoms with E-state index in [2.05, 4.69) is 36.6 Å². The molecule has 0 aliphatic heterocycles. The summed E-state index contributed by atoms with van der Waals surface area (Å²) in [5.74, 6) is 0.854. The van der Waals surface area contributed by atoms with Gasteiger partial charge in [0.05, 0.1) is 13.2 Å². The van der Waals surface area contributed by atoms with E-state index in [0.29, 0.717) is 6.61 Å². The zero-order chi connectivity index (χ0) is 16.0. The molecule has 130 valence electrons. The lowest BCUT2D eigenvalue weighted by Gasteiger charge is -2.19. The Hall–Kier alpha value is -0.530. The van der Waals surface area contributed by atoms with Crippen LogP contribution in [0, 0.1) is 0 Å². The SMILES string of the molecule is CCNC(=NCC1(c2ccc(Cl)cc2)CC1)NC(C)COC.I. The van der Waals surface area contributed by atoms with E-state index in [1.165, 1.54) is 18.4 Å². The van der Waals surface area contributed by atoms with Gasteiger partial charge in [0.2, 0.25) is 0 Å². The molecular formula is C17H27ClIN3O. The number of halogens is 2.